The second-order valence-electron chi connectivity index (χ2n) is 6.74. The molecule has 0 N–H and O–H groups in total. The van der Waals surface area contributed by atoms with Crippen molar-refractivity contribution in [3.63, 3.8) is 0 Å². The second-order valence-corrected chi connectivity index (χ2v) is 7.80. The van der Waals surface area contributed by atoms with Gasteiger partial charge in [0.2, 0.25) is 5.88 Å². The first-order valence-electron chi connectivity index (χ1n) is 9.02. The summed E-state index contributed by atoms with van der Waals surface area (Å²) in [7, 11) is 0. The van der Waals surface area contributed by atoms with Crippen molar-refractivity contribution < 1.29 is 13.9 Å². The predicted octanol–water partition coefficient (Wildman–Crippen LogP) is 3.59. The van der Waals surface area contributed by atoms with Crippen LogP contribution in [0.5, 0.6) is 5.88 Å². The lowest BCUT2D eigenvalue weighted by atomic mass is 10.1. The molecule has 1 unspecified atom stereocenters. The molecule has 8 heteroatoms. The number of carbonyl (C=O) groups is 1. The third kappa shape index (κ3) is 4.17. The Morgan fingerprint density at radius 2 is 2.21 bits per heavy atom. The molecule has 0 aliphatic carbocycles. The number of rotatable bonds is 5. The molecular formula is C20H19FN4O2S. The highest BCUT2D eigenvalue weighted by Gasteiger charge is 2.28. The molecule has 1 aromatic carbocycles. The summed E-state index contributed by atoms with van der Waals surface area (Å²) in [6, 6.07) is 9.70. The van der Waals surface area contributed by atoms with Crippen LogP contribution in [0.4, 0.5) is 4.39 Å². The van der Waals surface area contributed by atoms with Crippen molar-refractivity contribution in [1.29, 1.82) is 0 Å². The standard InChI is InChI=1S/C20H19FN4O2S/c1-13-22-18(12-28-13)20(26)25-8-7-14(10-25)11-27-19-6-5-17(23-24-19)15-3-2-4-16(21)9-15/h2-6,9,12,14H,7-8,10-11H2,1H3. The Kier molecular flexibility index (Phi) is 5.29. The number of halogens is 1. The van der Waals surface area contributed by atoms with Crippen LogP contribution in [0.2, 0.25) is 0 Å². The van der Waals surface area contributed by atoms with E-state index in [4.69, 9.17) is 4.74 Å². The van der Waals surface area contributed by atoms with E-state index in [0.29, 0.717) is 42.5 Å². The van der Waals surface area contributed by atoms with E-state index >= 15 is 0 Å². The smallest absolute Gasteiger partial charge is 0.273 e. The summed E-state index contributed by atoms with van der Waals surface area (Å²) in [4.78, 5) is 18.5. The average Bonchev–Trinajstić information content (AvgIpc) is 3.35. The van der Waals surface area contributed by atoms with Crippen LogP contribution in [-0.2, 0) is 0 Å². The summed E-state index contributed by atoms with van der Waals surface area (Å²) in [5, 5.41) is 10.9. The highest BCUT2D eigenvalue weighted by atomic mass is 32.1. The lowest BCUT2D eigenvalue weighted by Gasteiger charge is -2.15. The minimum atomic E-state index is -0.312. The first-order valence-corrected chi connectivity index (χ1v) is 9.90. The maximum atomic E-state index is 13.3. The fourth-order valence-electron chi connectivity index (χ4n) is 3.18. The zero-order valence-electron chi connectivity index (χ0n) is 15.3. The van der Waals surface area contributed by atoms with E-state index in [-0.39, 0.29) is 17.6 Å². The maximum Gasteiger partial charge on any atom is 0.273 e. The summed E-state index contributed by atoms with van der Waals surface area (Å²) in [5.74, 6) is 0.326. The number of carbonyl (C=O) groups excluding carboxylic acids is 1. The number of nitrogens with zero attached hydrogens (tertiary/aromatic N) is 4. The molecule has 1 amide bonds. The molecule has 1 atom stereocenters. The van der Waals surface area contributed by atoms with E-state index in [2.05, 4.69) is 15.2 Å². The van der Waals surface area contributed by atoms with Crippen molar-refractivity contribution in [2.24, 2.45) is 5.92 Å². The molecule has 2 aromatic heterocycles. The highest BCUT2D eigenvalue weighted by Crippen LogP contribution is 2.22. The van der Waals surface area contributed by atoms with Gasteiger partial charge in [-0.15, -0.1) is 21.5 Å². The van der Waals surface area contributed by atoms with Crippen LogP contribution in [0.25, 0.3) is 11.3 Å². The highest BCUT2D eigenvalue weighted by molar-refractivity contribution is 7.09. The summed E-state index contributed by atoms with van der Waals surface area (Å²) < 4.78 is 19.1. The fraction of sp³-hybridized carbons (Fsp3) is 0.300. The van der Waals surface area contributed by atoms with Crippen molar-refractivity contribution in [2.45, 2.75) is 13.3 Å². The molecule has 1 saturated heterocycles. The third-order valence-corrected chi connectivity index (χ3v) is 5.41. The van der Waals surface area contributed by atoms with Gasteiger partial charge in [-0.1, -0.05) is 12.1 Å². The number of ether oxygens (including phenoxy) is 1. The van der Waals surface area contributed by atoms with Crippen molar-refractivity contribution in [3.05, 3.63) is 58.3 Å². The van der Waals surface area contributed by atoms with Crippen molar-refractivity contribution in [3.8, 4) is 17.1 Å². The molecule has 4 rings (SSSR count). The van der Waals surface area contributed by atoms with Crippen LogP contribution < -0.4 is 4.74 Å². The van der Waals surface area contributed by atoms with Crippen LogP contribution in [-0.4, -0.2) is 45.7 Å². The molecule has 3 aromatic rings. The molecule has 0 bridgehead atoms. The number of amides is 1. The first-order chi connectivity index (χ1) is 13.6. The lowest BCUT2D eigenvalue weighted by molar-refractivity contribution is 0.0777. The average molecular weight is 398 g/mol. The minimum absolute atomic E-state index is 0.0221. The van der Waals surface area contributed by atoms with Gasteiger partial charge in [-0.05, 0) is 31.5 Å². The van der Waals surface area contributed by atoms with Crippen molar-refractivity contribution >= 4 is 17.2 Å². The molecule has 144 valence electrons. The zero-order valence-corrected chi connectivity index (χ0v) is 16.2. The Labute approximate surface area is 166 Å². The van der Waals surface area contributed by atoms with E-state index in [0.717, 1.165) is 11.4 Å². The minimum Gasteiger partial charge on any atom is -0.476 e. The van der Waals surface area contributed by atoms with Crippen LogP contribution in [0.1, 0.15) is 21.9 Å². The van der Waals surface area contributed by atoms with Gasteiger partial charge in [0, 0.05) is 36.0 Å². The number of hydrogen-bond donors (Lipinski definition) is 0. The van der Waals surface area contributed by atoms with Gasteiger partial charge in [-0.2, -0.15) is 0 Å². The number of benzene rings is 1. The number of hydrogen-bond acceptors (Lipinski definition) is 6. The number of likely N-dealkylation sites (tertiary alicyclic amines) is 1. The van der Waals surface area contributed by atoms with Gasteiger partial charge in [-0.25, -0.2) is 9.37 Å². The molecule has 3 heterocycles. The summed E-state index contributed by atoms with van der Waals surface area (Å²) >= 11 is 1.48. The number of aryl methyl sites for hydroxylation is 1. The van der Waals surface area contributed by atoms with E-state index in [9.17, 15) is 9.18 Å². The van der Waals surface area contributed by atoms with Crippen LogP contribution in [0.3, 0.4) is 0 Å². The van der Waals surface area contributed by atoms with Gasteiger partial charge in [-0.3, -0.25) is 4.79 Å². The van der Waals surface area contributed by atoms with Crippen molar-refractivity contribution in [1.82, 2.24) is 20.1 Å². The maximum absolute atomic E-state index is 13.3. The van der Waals surface area contributed by atoms with Gasteiger partial charge in [0.15, 0.2) is 0 Å². The van der Waals surface area contributed by atoms with E-state index in [1.807, 2.05) is 11.8 Å². The summed E-state index contributed by atoms with van der Waals surface area (Å²) in [6.07, 6.45) is 0.879. The van der Waals surface area contributed by atoms with Gasteiger partial charge in [0.1, 0.15) is 11.5 Å². The Morgan fingerprint density at radius 3 is 2.93 bits per heavy atom. The van der Waals surface area contributed by atoms with Gasteiger partial charge in [0.05, 0.1) is 17.3 Å². The quantitative estimate of drug-likeness (QED) is 0.657. The molecule has 28 heavy (non-hydrogen) atoms. The topological polar surface area (TPSA) is 68.2 Å². The zero-order chi connectivity index (χ0) is 19.5. The van der Waals surface area contributed by atoms with Crippen LogP contribution in [0.15, 0.2) is 41.8 Å². The third-order valence-electron chi connectivity index (χ3n) is 4.64. The summed E-state index contributed by atoms with van der Waals surface area (Å²) in [6.45, 7) is 3.70. The second kappa shape index (κ2) is 8.02. The van der Waals surface area contributed by atoms with E-state index in [1.165, 1.54) is 23.5 Å². The molecule has 1 aliphatic rings. The molecule has 0 radical (unpaired) electrons. The normalized spacial score (nSPS) is 16.4. The first kappa shape index (κ1) is 18.5. The monoisotopic (exact) mass is 398 g/mol. The van der Waals surface area contributed by atoms with Crippen LogP contribution >= 0.6 is 11.3 Å². The molecule has 1 fully saturated rings. The molecule has 0 saturated carbocycles. The lowest BCUT2D eigenvalue weighted by Crippen LogP contribution is -2.29. The molecule has 0 spiro atoms. The summed E-state index contributed by atoms with van der Waals surface area (Å²) in [5.41, 5.74) is 1.77. The Hall–Kier alpha value is -2.87. The molecule has 1 aliphatic heterocycles. The number of thiazole rings is 1. The van der Waals surface area contributed by atoms with E-state index in [1.54, 1.807) is 29.6 Å². The Balaban J connectivity index is 1.31. The van der Waals surface area contributed by atoms with Gasteiger partial charge < -0.3 is 9.64 Å². The predicted molar refractivity (Wildman–Crippen MR) is 104 cm³/mol. The fourth-order valence-corrected chi connectivity index (χ4v) is 3.77. The van der Waals surface area contributed by atoms with Crippen molar-refractivity contribution in [2.75, 3.05) is 19.7 Å². The Morgan fingerprint density at radius 1 is 1.32 bits per heavy atom. The van der Waals surface area contributed by atoms with Gasteiger partial charge in [0.25, 0.3) is 5.91 Å². The number of aromatic nitrogens is 3. The molecular weight excluding hydrogens is 379 g/mol. The largest absolute Gasteiger partial charge is 0.476 e. The van der Waals surface area contributed by atoms with Gasteiger partial charge >= 0.3 is 0 Å². The van der Waals surface area contributed by atoms with Crippen LogP contribution in [0, 0.1) is 18.7 Å². The molecule has 6 nitrogen and oxygen atoms in total. The van der Waals surface area contributed by atoms with E-state index < -0.39 is 0 Å². The Bertz CT molecular complexity index is 976. The SMILES string of the molecule is Cc1nc(C(=O)N2CCC(COc3ccc(-c4cccc(F)c4)nn3)C2)cs1.